The smallest absolute Gasteiger partial charge is 0.119 e. The Balaban J connectivity index is 1.75. The molecule has 1 aromatic heterocycles. The molecule has 2 saturated carbocycles. The summed E-state index contributed by atoms with van der Waals surface area (Å²) in [6.45, 7) is 4.01. The second-order valence-electron chi connectivity index (χ2n) is 9.56. The normalized spacial score (nSPS) is 26.5. The molecular weight excluding hydrogens is 385 g/mol. The number of anilines is 1. The molecule has 1 aromatic carbocycles. The van der Waals surface area contributed by atoms with Crippen LogP contribution < -0.4 is 5.73 Å². The molecule has 0 aliphatic heterocycles. The molecule has 2 fully saturated rings. The standard InChI is InChI=1S/C27H32FN3/c1-2-17-12-19(13-17)26-23-15-24(30)20(16-29)14-25(23)31(22-10-8-21(28)9-11-22)27(26)18-6-4-3-5-7-18/h2,8-10,14-19,22,29H,1,3-7,11-13,30H2. The third-order valence-electron chi connectivity index (χ3n) is 7.71. The van der Waals surface area contributed by atoms with E-state index in [0.29, 0.717) is 29.9 Å². The van der Waals surface area contributed by atoms with Crippen molar-refractivity contribution in [1.29, 1.82) is 5.41 Å². The van der Waals surface area contributed by atoms with E-state index in [1.54, 1.807) is 12.2 Å². The lowest BCUT2D eigenvalue weighted by Crippen LogP contribution is -2.23. The van der Waals surface area contributed by atoms with Crippen LogP contribution in [-0.4, -0.2) is 10.8 Å². The lowest BCUT2D eigenvalue weighted by atomic mass is 9.69. The van der Waals surface area contributed by atoms with Gasteiger partial charge in [0.25, 0.3) is 0 Å². The molecule has 31 heavy (non-hydrogen) atoms. The number of hydrogen-bond acceptors (Lipinski definition) is 2. The lowest BCUT2D eigenvalue weighted by molar-refractivity contribution is 0.317. The summed E-state index contributed by atoms with van der Waals surface area (Å²) in [5, 5.41) is 9.08. The molecular formula is C27H32FN3. The summed E-state index contributed by atoms with van der Waals surface area (Å²) in [6, 6.07) is 4.28. The van der Waals surface area contributed by atoms with Crippen LogP contribution in [0.2, 0.25) is 0 Å². The molecule has 0 amide bonds. The maximum atomic E-state index is 13.8. The monoisotopic (exact) mass is 417 g/mol. The first kappa shape index (κ1) is 20.3. The molecule has 1 atom stereocenters. The molecule has 0 radical (unpaired) electrons. The highest BCUT2D eigenvalue weighted by Crippen LogP contribution is 2.51. The van der Waals surface area contributed by atoms with Crippen molar-refractivity contribution in [2.45, 2.75) is 69.2 Å². The minimum Gasteiger partial charge on any atom is -0.398 e. The SMILES string of the molecule is C=CC1CC(c2c(C3CCCCC3)n(C3C=CC(F)=CC3)c3cc(C=N)c(N)cc23)C1. The van der Waals surface area contributed by atoms with Crippen LogP contribution in [0.5, 0.6) is 0 Å². The number of nitrogen functional groups attached to an aromatic ring is 1. The van der Waals surface area contributed by atoms with Gasteiger partial charge in [-0.15, -0.1) is 6.58 Å². The quantitative estimate of drug-likeness (QED) is 0.299. The topological polar surface area (TPSA) is 54.8 Å². The van der Waals surface area contributed by atoms with Gasteiger partial charge in [-0.2, -0.15) is 0 Å². The highest BCUT2D eigenvalue weighted by atomic mass is 19.1. The third-order valence-corrected chi connectivity index (χ3v) is 7.71. The van der Waals surface area contributed by atoms with Crippen molar-refractivity contribution in [1.82, 2.24) is 4.57 Å². The Morgan fingerprint density at radius 1 is 1.13 bits per heavy atom. The Kier molecular flexibility index (Phi) is 5.33. The van der Waals surface area contributed by atoms with Crippen LogP contribution in [0.15, 0.2) is 48.8 Å². The Bertz CT molecular complexity index is 1080. The summed E-state index contributed by atoms with van der Waals surface area (Å²) < 4.78 is 16.3. The summed E-state index contributed by atoms with van der Waals surface area (Å²) >= 11 is 0. The van der Waals surface area contributed by atoms with E-state index >= 15 is 0 Å². The average molecular weight is 418 g/mol. The number of halogens is 1. The molecule has 0 bridgehead atoms. The molecule has 5 rings (SSSR count). The van der Waals surface area contributed by atoms with Gasteiger partial charge in [0.2, 0.25) is 0 Å². The highest BCUT2D eigenvalue weighted by Gasteiger charge is 2.37. The largest absolute Gasteiger partial charge is 0.398 e. The summed E-state index contributed by atoms with van der Waals surface area (Å²) in [5.74, 6) is 1.50. The third kappa shape index (κ3) is 3.46. The Morgan fingerprint density at radius 2 is 1.90 bits per heavy atom. The second kappa shape index (κ2) is 8.14. The average Bonchev–Trinajstić information content (AvgIpc) is 3.07. The van der Waals surface area contributed by atoms with Crippen LogP contribution in [0.4, 0.5) is 10.1 Å². The number of aromatic nitrogens is 1. The molecule has 3 N–H and O–H groups in total. The Labute approximate surface area is 184 Å². The Hall–Kier alpha value is -2.62. The number of fused-ring (bicyclic) bond motifs is 1. The minimum absolute atomic E-state index is 0.102. The molecule has 0 spiro atoms. The first-order valence-corrected chi connectivity index (χ1v) is 11.7. The van der Waals surface area contributed by atoms with Crippen LogP contribution in [0.25, 0.3) is 10.9 Å². The van der Waals surface area contributed by atoms with Crippen molar-refractivity contribution in [3.8, 4) is 0 Å². The van der Waals surface area contributed by atoms with Crippen molar-refractivity contribution >= 4 is 22.8 Å². The minimum atomic E-state index is -0.149. The molecule has 0 saturated heterocycles. The van der Waals surface area contributed by atoms with Gasteiger partial charge in [0.05, 0.1) is 6.04 Å². The van der Waals surface area contributed by atoms with Crippen molar-refractivity contribution in [3.63, 3.8) is 0 Å². The summed E-state index contributed by atoms with van der Waals surface area (Å²) in [4.78, 5) is 0. The van der Waals surface area contributed by atoms with Crippen molar-refractivity contribution < 1.29 is 4.39 Å². The number of rotatable bonds is 5. The zero-order valence-electron chi connectivity index (χ0n) is 18.1. The van der Waals surface area contributed by atoms with E-state index in [9.17, 15) is 4.39 Å². The van der Waals surface area contributed by atoms with Crippen LogP contribution in [0.1, 0.15) is 86.1 Å². The van der Waals surface area contributed by atoms with Crippen molar-refractivity contribution in [3.05, 3.63) is 65.7 Å². The van der Waals surface area contributed by atoms with Crippen LogP contribution in [-0.2, 0) is 0 Å². The van der Waals surface area contributed by atoms with Gasteiger partial charge >= 0.3 is 0 Å². The maximum absolute atomic E-state index is 13.8. The molecule has 1 heterocycles. The molecule has 3 aliphatic carbocycles. The molecule has 3 aliphatic rings. The van der Waals surface area contributed by atoms with E-state index < -0.39 is 0 Å². The van der Waals surface area contributed by atoms with Crippen molar-refractivity contribution in [2.75, 3.05) is 5.73 Å². The van der Waals surface area contributed by atoms with E-state index in [4.69, 9.17) is 11.1 Å². The van der Waals surface area contributed by atoms with Gasteiger partial charge in [0.1, 0.15) is 5.83 Å². The predicted octanol–water partition coefficient (Wildman–Crippen LogP) is 7.30. The van der Waals surface area contributed by atoms with E-state index in [-0.39, 0.29) is 11.9 Å². The molecule has 3 nitrogen and oxygen atoms in total. The van der Waals surface area contributed by atoms with Gasteiger partial charge in [0.15, 0.2) is 0 Å². The van der Waals surface area contributed by atoms with E-state index in [1.807, 2.05) is 6.08 Å². The van der Waals surface area contributed by atoms with Gasteiger partial charge in [-0.1, -0.05) is 31.4 Å². The summed E-state index contributed by atoms with van der Waals surface area (Å²) in [5.41, 5.74) is 11.9. The predicted molar refractivity (Wildman–Crippen MR) is 128 cm³/mol. The van der Waals surface area contributed by atoms with E-state index in [1.165, 1.54) is 55.0 Å². The maximum Gasteiger partial charge on any atom is 0.119 e. The number of allylic oxidation sites excluding steroid dienone is 5. The molecule has 2 aromatic rings. The molecule has 1 unspecified atom stereocenters. The van der Waals surface area contributed by atoms with E-state index in [0.717, 1.165) is 23.9 Å². The van der Waals surface area contributed by atoms with Gasteiger partial charge < -0.3 is 15.7 Å². The zero-order valence-corrected chi connectivity index (χ0v) is 18.1. The summed E-state index contributed by atoms with van der Waals surface area (Å²) in [6.07, 6.45) is 18.0. The van der Waals surface area contributed by atoms with Gasteiger partial charge in [-0.05, 0) is 79.7 Å². The number of benzene rings is 1. The summed E-state index contributed by atoms with van der Waals surface area (Å²) in [7, 11) is 0. The number of hydrogen-bond donors (Lipinski definition) is 2. The fourth-order valence-corrected chi connectivity index (χ4v) is 6.00. The highest BCUT2D eigenvalue weighted by molar-refractivity contribution is 5.97. The van der Waals surface area contributed by atoms with Crippen LogP contribution >= 0.6 is 0 Å². The first-order valence-electron chi connectivity index (χ1n) is 11.7. The van der Waals surface area contributed by atoms with Gasteiger partial charge in [0, 0.05) is 34.1 Å². The Morgan fingerprint density at radius 3 is 2.55 bits per heavy atom. The fourth-order valence-electron chi connectivity index (χ4n) is 6.00. The van der Waals surface area contributed by atoms with E-state index in [2.05, 4.69) is 29.4 Å². The second-order valence-corrected chi connectivity index (χ2v) is 9.56. The first-order chi connectivity index (χ1) is 15.1. The number of nitrogens with two attached hydrogens (primary N) is 1. The van der Waals surface area contributed by atoms with Gasteiger partial charge in [-0.3, -0.25) is 0 Å². The zero-order chi connectivity index (χ0) is 21.5. The fraction of sp³-hybridized carbons (Fsp3) is 0.444. The van der Waals surface area contributed by atoms with Crippen LogP contribution in [0.3, 0.4) is 0 Å². The van der Waals surface area contributed by atoms with Crippen molar-refractivity contribution in [2.24, 2.45) is 5.92 Å². The number of nitrogens with zero attached hydrogens (tertiary/aromatic N) is 1. The molecule has 162 valence electrons. The lowest BCUT2D eigenvalue weighted by Gasteiger charge is -2.36. The molecule has 4 heteroatoms. The number of nitrogens with one attached hydrogen (secondary N) is 1. The van der Waals surface area contributed by atoms with Gasteiger partial charge in [-0.25, -0.2) is 4.39 Å². The van der Waals surface area contributed by atoms with Crippen LogP contribution in [0, 0.1) is 11.3 Å².